The van der Waals surface area contributed by atoms with Crippen molar-refractivity contribution in [2.75, 3.05) is 6.61 Å². The van der Waals surface area contributed by atoms with Crippen molar-refractivity contribution in [3.05, 3.63) is 82.1 Å². The van der Waals surface area contributed by atoms with E-state index >= 15 is 0 Å². The van der Waals surface area contributed by atoms with Gasteiger partial charge in [-0.2, -0.15) is 0 Å². The van der Waals surface area contributed by atoms with Crippen molar-refractivity contribution in [3.8, 4) is 0 Å². The molecule has 0 bridgehead atoms. The van der Waals surface area contributed by atoms with Crippen LogP contribution < -0.4 is 0 Å². The second-order valence-electron chi connectivity index (χ2n) is 7.52. The molecular formula is C26H28N2O. The number of hydrogen-bond acceptors (Lipinski definition) is 2. The second-order valence-corrected chi connectivity index (χ2v) is 7.52. The lowest BCUT2D eigenvalue weighted by Crippen LogP contribution is -2.01. The highest BCUT2D eigenvalue weighted by Gasteiger charge is 2.19. The SMILES string of the molecule is CCON=C(C)c1ccc2c(c1)c1c(n2CC)C=CC(=Cc2ccccc2C)C1. The maximum Gasteiger partial charge on any atom is 0.114 e. The highest BCUT2D eigenvalue weighted by molar-refractivity contribution is 6.03. The smallest absolute Gasteiger partial charge is 0.114 e. The molecule has 4 rings (SSSR count). The van der Waals surface area contributed by atoms with Crippen molar-refractivity contribution in [1.29, 1.82) is 0 Å². The van der Waals surface area contributed by atoms with Gasteiger partial charge in [-0.05, 0) is 73.7 Å². The molecule has 0 fully saturated rings. The summed E-state index contributed by atoms with van der Waals surface area (Å²) in [4.78, 5) is 5.26. The van der Waals surface area contributed by atoms with Crippen LogP contribution >= 0.6 is 0 Å². The average Bonchev–Trinajstić information content (AvgIpc) is 3.06. The second kappa shape index (κ2) is 8.12. The maximum absolute atomic E-state index is 5.26. The number of rotatable bonds is 5. The third kappa shape index (κ3) is 3.65. The highest BCUT2D eigenvalue weighted by Crippen LogP contribution is 2.34. The molecule has 0 spiro atoms. The number of aromatic nitrogens is 1. The van der Waals surface area contributed by atoms with Gasteiger partial charge in [0.1, 0.15) is 6.61 Å². The van der Waals surface area contributed by atoms with Crippen LogP contribution in [-0.2, 0) is 17.8 Å². The van der Waals surface area contributed by atoms with E-state index in [9.17, 15) is 0 Å². The fourth-order valence-electron chi connectivity index (χ4n) is 4.10. The van der Waals surface area contributed by atoms with E-state index in [1.165, 1.54) is 38.9 Å². The van der Waals surface area contributed by atoms with E-state index in [2.05, 4.69) is 84.3 Å². The Morgan fingerprint density at radius 1 is 1.14 bits per heavy atom. The first-order chi connectivity index (χ1) is 14.1. The maximum atomic E-state index is 5.26. The molecule has 0 radical (unpaired) electrons. The largest absolute Gasteiger partial charge is 0.396 e. The van der Waals surface area contributed by atoms with Crippen molar-refractivity contribution in [1.82, 2.24) is 4.57 Å². The molecule has 0 saturated carbocycles. The Morgan fingerprint density at radius 2 is 1.97 bits per heavy atom. The molecule has 148 valence electrons. The number of hydrogen-bond donors (Lipinski definition) is 0. The summed E-state index contributed by atoms with van der Waals surface area (Å²) in [5.41, 5.74) is 9.96. The fourth-order valence-corrected chi connectivity index (χ4v) is 4.10. The first kappa shape index (κ1) is 19.3. The van der Waals surface area contributed by atoms with Crippen molar-refractivity contribution in [2.45, 2.75) is 40.7 Å². The lowest BCUT2D eigenvalue weighted by molar-refractivity contribution is 0.159. The Morgan fingerprint density at radius 3 is 2.72 bits per heavy atom. The van der Waals surface area contributed by atoms with Crippen molar-refractivity contribution < 1.29 is 4.84 Å². The lowest BCUT2D eigenvalue weighted by atomic mass is 9.93. The van der Waals surface area contributed by atoms with Crippen LogP contribution in [0.25, 0.3) is 23.1 Å². The summed E-state index contributed by atoms with van der Waals surface area (Å²) in [5, 5.41) is 5.53. The van der Waals surface area contributed by atoms with Crippen LogP contribution in [0.4, 0.5) is 0 Å². The lowest BCUT2D eigenvalue weighted by Gasteiger charge is -2.13. The van der Waals surface area contributed by atoms with E-state index in [0.29, 0.717) is 6.61 Å². The van der Waals surface area contributed by atoms with E-state index in [1.54, 1.807) is 0 Å². The van der Waals surface area contributed by atoms with Gasteiger partial charge in [-0.3, -0.25) is 0 Å². The minimum atomic E-state index is 0.582. The number of allylic oxidation sites excluding steroid dienone is 2. The van der Waals surface area contributed by atoms with E-state index in [-0.39, 0.29) is 0 Å². The summed E-state index contributed by atoms with van der Waals surface area (Å²) < 4.78 is 2.41. The van der Waals surface area contributed by atoms with Crippen LogP contribution in [0.2, 0.25) is 0 Å². The average molecular weight is 385 g/mol. The van der Waals surface area contributed by atoms with Gasteiger partial charge in [0.25, 0.3) is 0 Å². The molecule has 0 aliphatic heterocycles. The third-order valence-corrected chi connectivity index (χ3v) is 5.64. The van der Waals surface area contributed by atoms with Gasteiger partial charge in [-0.25, -0.2) is 0 Å². The summed E-state index contributed by atoms with van der Waals surface area (Å²) in [6.45, 7) is 9.87. The van der Waals surface area contributed by atoms with Gasteiger partial charge in [0.15, 0.2) is 0 Å². The first-order valence-corrected chi connectivity index (χ1v) is 10.4. The molecule has 3 nitrogen and oxygen atoms in total. The molecular weight excluding hydrogens is 356 g/mol. The van der Waals surface area contributed by atoms with E-state index in [4.69, 9.17) is 4.84 Å². The molecule has 0 saturated heterocycles. The Bertz CT molecular complexity index is 1140. The zero-order valence-electron chi connectivity index (χ0n) is 17.7. The molecule has 1 aromatic heterocycles. The van der Waals surface area contributed by atoms with Crippen LogP contribution in [0.1, 0.15) is 48.7 Å². The molecule has 0 N–H and O–H groups in total. The monoisotopic (exact) mass is 384 g/mol. The van der Waals surface area contributed by atoms with Crippen LogP contribution in [0.3, 0.4) is 0 Å². The first-order valence-electron chi connectivity index (χ1n) is 10.4. The van der Waals surface area contributed by atoms with E-state index in [0.717, 1.165) is 24.2 Å². The van der Waals surface area contributed by atoms with Crippen LogP contribution in [-0.4, -0.2) is 16.9 Å². The number of oxime groups is 1. The van der Waals surface area contributed by atoms with Gasteiger partial charge in [-0.15, -0.1) is 0 Å². The molecule has 3 aromatic rings. The minimum absolute atomic E-state index is 0.582. The summed E-state index contributed by atoms with van der Waals surface area (Å²) in [5.74, 6) is 0. The molecule has 0 unspecified atom stereocenters. The number of benzene rings is 2. The zero-order chi connectivity index (χ0) is 20.4. The van der Waals surface area contributed by atoms with Crippen LogP contribution in [0, 0.1) is 6.92 Å². The number of fused-ring (bicyclic) bond motifs is 3. The summed E-state index contributed by atoms with van der Waals surface area (Å²) in [6.07, 6.45) is 7.79. The van der Waals surface area contributed by atoms with Crippen molar-refractivity contribution in [3.63, 3.8) is 0 Å². The fraction of sp³-hybridized carbons (Fsp3) is 0.269. The molecule has 0 amide bonds. The Labute approximate surface area is 173 Å². The van der Waals surface area contributed by atoms with Gasteiger partial charge >= 0.3 is 0 Å². The van der Waals surface area contributed by atoms with E-state index < -0.39 is 0 Å². The van der Waals surface area contributed by atoms with Gasteiger partial charge in [0.05, 0.1) is 5.71 Å². The van der Waals surface area contributed by atoms with E-state index in [1.807, 2.05) is 13.8 Å². The molecule has 1 heterocycles. The molecule has 0 atom stereocenters. The Kier molecular flexibility index (Phi) is 5.39. The third-order valence-electron chi connectivity index (χ3n) is 5.64. The molecule has 29 heavy (non-hydrogen) atoms. The summed E-state index contributed by atoms with van der Waals surface area (Å²) in [6, 6.07) is 15.2. The van der Waals surface area contributed by atoms with Gasteiger partial charge in [-0.1, -0.05) is 47.6 Å². The van der Waals surface area contributed by atoms with Crippen LogP contribution in [0.15, 0.2) is 59.3 Å². The van der Waals surface area contributed by atoms with Crippen molar-refractivity contribution in [2.24, 2.45) is 5.16 Å². The summed E-state index contributed by atoms with van der Waals surface area (Å²) in [7, 11) is 0. The minimum Gasteiger partial charge on any atom is -0.396 e. The molecule has 1 aliphatic carbocycles. The topological polar surface area (TPSA) is 26.5 Å². The van der Waals surface area contributed by atoms with Crippen molar-refractivity contribution >= 4 is 28.8 Å². The predicted octanol–water partition coefficient (Wildman–Crippen LogP) is 6.38. The van der Waals surface area contributed by atoms with Crippen LogP contribution in [0.5, 0.6) is 0 Å². The Balaban J connectivity index is 1.80. The van der Waals surface area contributed by atoms with Gasteiger partial charge in [0, 0.05) is 29.6 Å². The highest BCUT2D eigenvalue weighted by atomic mass is 16.6. The number of aryl methyl sites for hydroxylation is 2. The standard InChI is InChI=1S/C26H28N2O/c1-5-28-25-13-11-20(15-21-10-8-7-9-18(21)3)16-23(25)24-17-22(12-14-26(24)28)19(4)27-29-6-2/h7-15,17H,5-6,16H2,1-4H3. The van der Waals surface area contributed by atoms with Gasteiger partial charge < -0.3 is 9.40 Å². The molecule has 3 heteroatoms. The zero-order valence-corrected chi connectivity index (χ0v) is 17.7. The van der Waals surface area contributed by atoms with Gasteiger partial charge in [0.2, 0.25) is 0 Å². The predicted molar refractivity (Wildman–Crippen MR) is 123 cm³/mol. The normalized spacial score (nSPS) is 15.2. The summed E-state index contributed by atoms with van der Waals surface area (Å²) >= 11 is 0. The quantitative estimate of drug-likeness (QED) is 0.370. The molecule has 2 aromatic carbocycles. The number of nitrogens with zero attached hydrogens (tertiary/aromatic N) is 2. The Hall–Kier alpha value is -3.07. The molecule has 1 aliphatic rings.